The predicted octanol–water partition coefficient (Wildman–Crippen LogP) is 3.51. The molecule has 0 bridgehead atoms. The Kier molecular flexibility index (Phi) is 4.80. The lowest BCUT2D eigenvalue weighted by Crippen LogP contribution is -2.61. The summed E-state index contributed by atoms with van der Waals surface area (Å²) in [4.78, 5) is 13.9. The molecule has 132 valence electrons. The molecule has 1 aliphatic rings. The van der Waals surface area contributed by atoms with E-state index >= 15 is 0 Å². The minimum atomic E-state index is -1.16. The molecule has 0 aromatic heterocycles. The number of carbonyl (C=O) groups excluding carboxylic acids is 1. The number of nitrogens with zero attached hydrogens (tertiary/aromatic N) is 1. The Morgan fingerprint density at radius 3 is 2.48 bits per heavy atom. The van der Waals surface area contributed by atoms with E-state index in [0.717, 1.165) is 6.07 Å². The average molecular weight is 461 g/mol. The zero-order valence-corrected chi connectivity index (χ0v) is 15.5. The highest BCUT2D eigenvalue weighted by Crippen LogP contribution is 2.27. The van der Waals surface area contributed by atoms with Crippen molar-refractivity contribution in [1.82, 2.24) is 4.90 Å². The van der Waals surface area contributed by atoms with Crippen LogP contribution in [0.4, 0.5) is 13.2 Å². The van der Waals surface area contributed by atoms with Crippen LogP contribution in [0.15, 0.2) is 30.3 Å². The number of halogens is 4. The lowest BCUT2D eigenvalue weighted by molar-refractivity contribution is -0.0669. The molecule has 1 aliphatic heterocycles. The third-order valence-corrected chi connectivity index (χ3v) is 4.83. The summed E-state index contributed by atoms with van der Waals surface area (Å²) in [6, 6.07) is 6.53. The van der Waals surface area contributed by atoms with Crippen LogP contribution in [-0.2, 0) is 6.42 Å². The molecule has 0 atom stereocenters. The first-order valence-electron chi connectivity index (χ1n) is 7.60. The summed E-state index contributed by atoms with van der Waals surface area (Å²) in [6.45, 7) is 1.81. The van der Waals surface area contributed by atoms with Gasteiger partial charge in [0.25, 0.3) is 5.91 Å². The largest absolute Gasteiger partial charge is 0.386 e. The summed E-state index contributed by atoms with van der Waals surface area (Å²) < 4.78 is 42.8. The van der Waals surface area contributed by atoms with Gasteiger partial charge in [-0.1, -0.05) is 6.07 Å². The second-order valence-electron chi connectivity index (χ2n) is 6.46. The molecule has 3 rings (SSSR count). The van der Waals surface area contributed by atoms with Crippen molar-refractivity contribution in [2.45, 2.75) is 18.9 Å². The SMILES string of the molecule is CC1(O)CN(C(=O)c2ccc(F)c(F)c2Cc2ccc(I)cc2F)C1. The topological polar surface area (TPSA) is 40.5 Å². The monoisotopic (exact) mass is 461 g/mol. The number of likely N-dealkylation sites (tertiary alicyclic amines) is 1. The van der Waals surface area contributed by atoms with E-state index in [1.807, 2.05) is 22.6 Å². The highest BCUT2D eigenvalue weighted by molar-refractivity contribution is 14.1. The van der Waals surface area contributed by atoms with Crippen LogP contribution < -0.4 is 0 Å². The molecular weight excluding hydrogens is 446 g/mol. The van der Waals surface area contributed by atoms with Crippen LogP contribution in [0, 0.1) is 21.0 Å². The van der Waals surface area contributed by atoms with E-state index in [0.29, 0.717) is 3.57 Å². The van der Waals surface area contributed by atoms with Crippen LogP contribution in [0.5, 0.6) is 0 Å². The van der Waals surface area contributed by atoms with Gasteiger partial charge in [0.2, 0.25) is 0 Å². The van der Waals surface area contributed by atoms with Crippen LogP contribution in [0.2, 0.25) is 0 Å². The lowest BCUT2D eigenvalue weighted by atomic mass is 9.93. The van der Waals surface area contributed by atoms with Gasteiger partial charge in [0.05, 0.1) is 18.7 Å². The molecule has 1 heterocycles. The highest BCUT2D eigenvalue weighted by Gasteiger charge is 2.40. The number of amides is 1. The van der Waals surface area contributed by atoms with E-state index in [2.05, 4.69) is 0 Å². The van der Waals surface area contributed by atoms with Gasteiger partial charge in [-0.3, -0.25) is 4.79 Å². The molecule has 2 aromatic rings. The number of hydrogen-bond donors (Lipinski definition) is 1. The first kappa shape index (κ1) is 18.2. The molecule has 0 spiro atoms. The van der Waals surface area contributed by atoms with Gasteiger partial charge in [0.1, 0.15) is 5.82 Å². The molecule has 1 saturated heterocycles. The van der Waals surface area contributed by atoms with E-state index in [-0.39, 0.29) is 36.2 Å². The molecule has 25 heavy (non-hydrogen) atoms. The fourth-order valence-electron chi connectivity index (χ4n) is 2.91. The van der Waals surface area contributed by atoms with Gasteiger partial charge in [-0.15, -0.1) is 0 Å². The maximum atomic E-state index is 14.3. The third-order valence-electron chi connectivity index (χ3n) is 4.16. The molecule has 0 aliphatic carbocycles. The average Bonchev–Trinajstić information content (AvgIpc) is 2.51. The highest BCUT2D eigenvalue weighted by atomic mass is 127. The minimum Gasteiger partial charge on any atom is -0.386 e. The number of benzene rings is 2. The minimum absolute atomic E-state index is 0.0210. The Balaban J connectivity index is 1.97. The summed E-state index contributed by atoms with van der Waals surface area (Å²) in [5.74, 6) is -3.30. The number of hydrogen-bond acceptors (Lipinski definition) is 2. The van der Waals surface area contributed by atoms with Crippen LogP contribution in [0.25, 0.3) is 0 Å². The summed E-state index contributed by atoms with van der Waals surface area (Å²) in [7, 11) is 0. The van der Waals surface area contributed by atoms with Crippen molar-refractivity contribution in [3.05, 3.63) is 68.0 Å². The second-order valence-corrected chi connectivity index (χ2v) is 7.70. The molecule has 0 unspecified atom stereocenters. The summed E-state index contributed by atoms with van der Waals surface area (Å²) in [5, 5.41) is 9.77. The molecule has 2 aromatic carbocycles. The molecule has 1 amide bonds. The number of rotatable bonds is 3. The van der Waals surface area contributed by atoms with Crippen molar-refractivity contribution in [1.29, 1.82) is 0 Å². The standard InChI is InChI=1S/C18H15F3INO2/c1-18(25)8-23(9-18)17(24)12-4-5-14(19)16(21)13(12)6-10-2-3-11(22)7-15(10)20/h2-5,7,25H,6,8-9H2,1H3. The fourth-order valence-corrected chi connectivity index (χ4v) is 3.36. The normalized spacial score (nSPS) is 15.8. The van der Waals surface area contributed by atoms with Crippen molar-refractivity contribution < 1.29 is 23.1 Å². The van der Waals surface area contributed by atoms with E-state index in [9.17, 15) is 23.1 Å². The van der Waals surface area contributed by atoms with Crippen LogP contribution >= 0.6 is 22.6 Å². The van der Waals surface area contributed by atoms with Crippen LogP contribution in [-0.4, -0.2) is 34.6 Å². The Morgan fingerprint density at radius 2 is 1.88 bits per heavy atom. The molecule has 0 saturated carbocycles. The Bertz CT molecular complexity index is 846. The molecule has 1 N–H and O–H groups in total. The fraction of sp³-hybridized carbons (Fsp3) is 0.278. The predicted molar refractivity (Wildman–Crippen MR) is 94.8 cm³/mol. The van der Waals surface area contributed by atoms with Gasteiger partial charge in [-0.2, -0.15) is 0 Å². The zero-order valence-electron chi connectivity index (χ0n) is 13.3. The Hall–Kier alpha value is -1.61. The van der Waals surface area contributed by atoms with Gasteiger partial charge in [-0.25, -0.2) is 13.2 Å². The summed E-state index contributed by atoms with van der Waals surface area (Å²) >= 11 is 1.95. The molecule has 3 nitrogen and oxygen atoms in total. The zero-order chi connectivity index (χ0) is 18.4. The van der Waals surface area contributed by atoms with Crippen molar-refractivity contribution in [2.24, 2.45) is 0 Å². The lowest BCUT2D eigenvalue weighted by Gasteiger charge is -2.44. The maximum Gasteiger partial charge on any atom is 0.254 e. The van der Waals surface area contributed by atoms with E-state index in [1.54, 1.807) is 13.0 Å². The maximum absolute atomic E-state index is 14.3. The van der Waals surface area contributed by atoms with Crippen molar-refractivity contribution >= 4 is 28.5 Å². The molecule has 0 radical (unpaired) electrons. The Morgan fingerprint density at radius 1 is 1.20 bits per heavy atom. The second kappa shape index (κ2) is 6.60. The van der Waals surface area contributed by atoms with Gasteiger partial charge < -0.3 is 10.0 Å². The van der Waals surface area contributed by atoms with Crippen molar-refractivity contribution in [3.8, 4) is 0 Å². The van der Waals surface area contributed by atoms with Gasteiger partial charge >= 0.3 is 0 Å². The number of carbonyl (C=O) groups is 1. The van der Waals surface area contributed by atoms with Gasteiger partial charge in [0, 0.05) is 21.1 Å². The van der Waals surface area contributed by atoms with Crippen molar-refractivity contribution in [3.63, 3.8) is 0 Å². The number of aliphatic hydroxyl groups is 1. The quantitative estimate of drug-likeness (QED) is 0.712. The van der Waals surface area contributed by atoms with E-state index in [4.69, 9.17) is 0 Å². The molecule has 7 heteroatoms. The van der Waals surface area contributed by atoms with Crippen LogP contribution in [0.1, 0.15) is 28.4 Å². The number of β-amino-alcohol motifs (C(OH)–C–C–N with tert-alkyl or cyclic N) is 1. The summed E-state index contributed by atoms with van der Waals surface area (Å²) in [5.41, 5.74) is -1.00. The van der Waals surface area contributed by atoms with Gasteiger partial charge in [0.15, 0.2) is 11.6 Å². The first-order chi connectivity index (χ1) is 11.7. The summed E-state index contributed by atoms with van der Waals surface area (Å²) in [6.07, 6.45) is -0.238. The van der Waals surface area contributed by atoms with Gasteiger partial charge in [-0.05, 0) is 59.3 Å². The van der Waals surface area contributed by atoms with Crippen LogP contribution in [0.3, 0.4) is 0 Å². The third kappa shape index (κ3) is 3.67. The van der Waals surface area contributed by atoms with Crippen molar-refractivity contribution in [2.75, 3.05) is 13.1 Å². The smallest absolute Gasteiger partial charge is 0.254 e. The van der Waals surface area contributed by atoms with E-state index in [1.165, 1.54) is 23.1 Å². The molecular formula is C18H15F3INO2. The molecule has 1 fully saturated rings. The Labute approximate surface area is 156 Å². The first-order valence-corrected chi connectivity index (χ1v) is 8.68. The van der Waals surface area contributed by atoms with E-state index < -0.39 is 29.0 Å².